The zero-order valence-corrected chi connectivity index (χ0v) is 18.6. The van der Waals surface area contributed by atoms with Crippen molar-refractivity contribution in [1.29, 1.82) is 0 Å². The fourth-order valence-electron chi connectivity index (χ4n) is 3.13. The number of fused-ring (bicyclic) bond motifs is 1. The van der Waals surface area contributed by atoms with Gasteiger partial charge in [0.2, 0.25) is 0 Å². The second-order valence-electron chi connectivity index (χ2n) is 6.52. The van der Waals surface area contributed by atoms with E-state index in [2.05, 4.69) is 20.8 Å². The Morgan fingerprint density at radius 2 is 2.16 bits per heavy atom. The third-order valence-electron chi connectivity index (χ3n) is 4.43. The van der Waals surface area contributed by atoms with E-state index in [1.807, 2.05) is 0 Å². The molecular formula is C17H20N6O7S2. The molecule has 1 aromatic heterocycles. The van der Waals surface area contributed by atoms with Gasteiger partial charge in [-0.2, -0.15) is 0 Å². The van der Waals surface area contributed by atoms with Crippen LogP contribution in [0.2, 0.25) is 0 Å². The fourth-order valence-corrected chi connectivity index (χ4v) is 5.00. The highest BCUT2D eigenvalue weighted by atomic mass is 32.2. The summed E-state index contributed by atoms with van der Waals surface area (Å²) in [5.41, 5.74) is 6.23. The number of aliphatic carboxylic acids is 1. The number of carbonyl (C=O) groups is 4. The first-order valence-corrected chi connectivity index (χ1v) is 11.0. The van der Waals surface area contributed by atoms with Crippen molar-refractivity contribution in [2.24, 2.45) is 5.16 Å². The van der Waals surface area contributed by atoms with Crippen LogP contribution in [0.25, 0.3) is 0 Å². The number of rotatable bonds is 9. The lowest BCUT2D eigenvalue weighted by molar-refractivity contribution is -0.147. The number of nitrogens with one attached hydrogen (secondary N) is 2. The van der Waals surface area contributed by atoms with Crippen LogP contribution in [0.1, 0.15) is 5.69 Å². The number of carboxylic acid groups (broad SMARTS) is 1. The summed E-state index contributed by atoms with van der Waals surface area (Å²) in [6, 6.07) is -0.933. The van der Waals surface area contributed by atoms with Crippen LogP contribution in [0.3, 0.4) is 0 Å². The lowest BCUT2D eigenvalue weighted by atomic mass is 10.0. The number of β-lactam (4-membered cyclic amide) rings is 1. The molecule has 2 atom stereocenters. The van der Waals surface area contributed by atoms with Gasteiger partial charge >= 0.3 is 5.97 Å². The molecule has 0 aliphatic carbocycles. The average molecular weight is 485 g/mol. The molecule has 0 bridgehead atoms. The van der Waals surface area contributed by atoms with Gasteiger partial charge in [0.05, 0.1) is 6.61 Å². The summed E-state index contributed by atoms with van der Waals surface area (Å²) in [6.07, 6.45) is 0. The van der Waals surface area contributed by atoms with Crippen LogP contribution >= 0.6 is 23.1 Å². The SMILES string of the molecule is COCC1=C(C(=O)NCC(=O)O)N2C(=O)[C@@H](NC(=O)/C(=N\OC)c3csc(N)n3)[C@H]2SC1. The highest BCUT2D eigenvalue weighted by Crippen LogP contribution is 2.40. The van der Waals surface area contributed by atoms with Crippen molar-refractivity contribution < 1.29 is 33.9 Å². The predicted molar refractivity (Wildman–Crippen MR) is 115 cm³/mol. The molecule has 1 fully saturated rings. The lowest BCUT2D eigenvalue weighted by Gasteiger charge is -2.50. The monoisotopic (exact) mass is 484 g/mol. The molecule has 2 aliphatic heterocycles. The van der Waals surface area contributed by atoms with Gasteiger partial charge in [0, 0.05) is 18.2 Å². The van der Waals surface area contributed by atoms with Crippen LogP contribution in [-0.2, 0) is 28.8 Å². The number of aromatic nitrogens is 1. The summed E-state index contributed by atoms with van der Waals surface area (Å²) >= 11 is 2.45. The Hall–Kier alpha value is -3.17. The van der Waals surface area contributed by atoms with E-state index in [-0.39, 0.29) is 28.8 Å². The van der Waals surface area contributed by atoms with Crippen molar-refractivity contribution in [2.45, 2.75) is 11.4 Å². The molecule has 0 saturated carbocycles. The summed E-state index contributed by atoms with van der Waals surface area (Å²) < 4.78 is 5.11. The number of oxime groups is 1. The Morgan fingerprint density at radius 1 is 1.41 bits per heavy atom. The molecule has 13 nitrogen and oxygen atoms in total. The molecule has 1 saturated heterocycles. The van der Waals surface area contributed by atoms with Gasteiger partial charge in [-0.25, -0.2) is 4.98 Å². The van der Waals surface area contributed by atoms with E-state index in [9.17, 15) is 19.2 Å². The van der Waals surface area contributed by atoms with Crippen LogP contribution < -0.4 is 16.4 Å². The number of amides is 3. The van der Waals surface area contributed by atoms with Crippen molar-refractivity contribution >= 4 is 57.6 Å². The standard InChI is InChI=1S/C17H20N6O7S2/c1-29-4-7-5-31-16-11(15(28)23(16)12(7)14(27)19-3-9(24)25)21-13(26)10(22-30-2)8-6-32-17(18)20-8/h6,11,16H,3-5H2,1-2H3,(H2,18,20)(H,19,27)(H,21,26)(H,24,25)/b22-10-/t11-,16-/m1/s1. The number of thiazole rings is 1. The normalized spacial score (nSPS) is 20.4. The van der Waals surface area contributed by atoms with Gasteiger partial charge in [-0.05, 0) is 5.57 Å². The lowest BCUT2D eigenvalue weighted by Crippen LogP contribution is -2.71. The maximum Gasteiger partial charge on any atom is 0.322 e. The van der Waals surface area contributed by atoms with Crippen LogP contribution in [-0.4, -0.2) is 88.9 Å². The molecule has 1 aromatic rings. The second-order valence-corrected chi connectivity index (χ2v) is 8.51. The number of methoxy groups -OCH3 is 1. The first kappa shape index (κ1) is 23.5. The third kappa shape index (κ3) is 4.68. The molecule has 0 spiro atoms. The number of hydrogen-bond acceptors (Lipinski definition) is 11. The first-order valence-electron chi connectivity index (χ1n) is 9.07. The highest BCUT2D eigenvalue weighted by molar-refractivity contribution is 8.00. The number of hydrogen-bond donors (Lipinski definition) is 4. The smallest absolute Gasteiger partial charge is 0.322 e. The zero-order valence-electron chi connectivity index (χ0n) is 17.0. The van der Waals surface area contributed by atoms with E-state index in [1.54, 1.807) is 0 Å². The van der Waals surface area contributed by atoms with Crippen LogP contribution in [0.15, 0.2) is 21.8 Å². The molecule has 0 radical (unpaired) electrons. The number of nitrogens with zero attached hydrogens (tertiary/aromatic N) is 3. The molecule has 3 rings (SSSR count). The molecule has 3 amide bonds. The van der Waals surface area contributed by atoms with Gasteiger partial charge in [-0.1, -0.05) is 5.16 Å². The van der Waals surface area contributed by atoms with E-state index in [4.69, 9.17) is 20.4 Å². The van der Waals surface area contributed by atoms with Crippen molar-refractivity contribution in [2.75, 3.05) is 38.9 Å². The van der Waals surface area contributed by atoms with Crippen LogP contribution in [0.4, 0.5) is 5.13 Å². The van der Waals surface area contributed by atoms with Crippen molar-refractivity contribution in [3.8, 4) is 0 Å². The summed E-state index contributed by atoms with van der Waals surface area (Å²) in [6.45, 7) is -0.511. The van der Waals surface area contributed by atoms with Crippen LogP contribution in [0, 0.1) is 0 Å². The number of nitrogen functional groups attached to an aromatic ring is 1. The van der Waals surface area contributed by atoms with E-state index < -0.39 is 41.7 Å². The number of nitrogens with two attached hydrogens (primary N) is 1. The summed E-state index contributed by atoms with van der Waals surface area (Å²) in [5, 5.41) is 18.6. The molecule has 32 heavy (non-hydrogen) atoms. The van der Waals surface area contributed by atoms with Crippen LogP contribution in [0.5, 0.6) is 0 Å². The Labute approximate surface area is 190 Å². The number of ether oxygens (including phenoxy) is 1. The Bertz CT molecular complexity index is 1010. The minimum atomic E-state index is -1.22. The quantitative estimate of drug-likeness (QED) is 0.184. The zero-order chi connectivity index (χ0) is 23.4. The van der Waals surface area contributed by atoms with Gasteiger partial charge < -0.3 is 31.0 Å². The summed E-state index contributed by atoms with van der Waals surface area (Å²) in [4.78, 5) is 59.0. The molecule has 0 unspecified atom stereocenters. The number of carboxylic acids is 1. The van der Waals surface area contributed by atoms with E-state index >= 15 is 0 Å². The van der Waals surface area contributed by atoms with E-state index in [0.717, 1.165) is 11.3 Å². The highest BCUT2D eigenvalue weighted by Gasteiger charge is 2.54. The van der Waals surface area contributed by atoms with Gasteiger partial charge in [0.1, 0.15) is 36.5 Å². The molecule has 172 valence electrons. The Balaban J connectivity index is 1.78. The maximum absolute atomic E-state index is 12.9. The molecule has 15 heteroatoms. The summed E-state index contributed by atoms with van der Waals surface area (Å²) in [7, 11) is 2.71. The topological polar surface area (TPSA) is 186 Å². The van der Waals surface area contributed by atoms with Gasteiger partial charge in [-0.15, -0.1) is 23.1 Å². The molecule has 3 heterocycles. The van der Waals surface area contributed by atoms with Gasteiger partial charge in [0.15, 0.2) is 10.8 Å². The minimum Gasteiger partial charge on any atom is -0.480 e. The largest absolute Gasteiger partial charge is 0.480 e. The molecule has 0 aromatic carbocycles. The molecule has 5 N–H and O–H groups in total. The average Bonchev–Trinajstić information content (AvgIpc) is 3.19. The fraction of sp³-hybridized carbons (Fsp3) is 0.412. The summed E-state index contributed by atoms with van der Waals surface area (Å²) in [5.74, 6) is -2.80. The first-order chi connectivity index (χ1) is 15.3. The van der Waals surface area contributed by atoms with E-state index in [0.29, 0.717) is 11.3 Å². The number of thioether (sulfide) groups is 1. The minimum absolute atomic E-state index is 0.0328. The number of carbonyl (C=O) groups excluding carboxylic acids is 3. The van der Waals surface area contributed by atoms with Crippen molar-refractivity contribution in [1.82, 2.24) is 20.5 Å². The van der Waals surface area contributed by atoms with Gasteiger partial charge in [-0.3, -0.25) is 24.1 Å². The van der Waals surface area contributed by atoms with Gasteiger partial charge in [0.25, 0.3) is 17.7 Å². The van der Waals surface area contributed by atoms with E-state index in [1.165, 1.54) is 36.3 Å². The molecular weight excluding hydrogens is 464 g/mol. The maximum atomic E-state index is 12.9. The molecule has 2 aliphatic rings. The number of anilines is 1. The predicted octanol–water partition coefficient (Wildman–Crippen LogP) is -1.42. The third-order valence-corrected chi connectivity index (χ3v) is 6.44. The second kappa shape index (κ2) is 9.97. The van der Waals surface area contributed by atoms with Crippen molar-refractivity contribution in [3.63, 3.8) is 0 Å². The Morgan fingerprint density at radius 3 is 2.75 bits per heavy atom. The van der Waals surface area contributed by atoms with Crippen molar-refractivity contribution in [3.05, 3.63) is 22.3 Å². The Kier molecular flexibility index (Phi) is 7.32.